The second kappa shape index (κ2) is 7.96. The van der Waals surface area contributed by atoms with Crippen LogP contribution in [0.5, 0.6) is 0 Å². The number of likely N-dealkylation sites (tertiary alicyclic amines) is 1. The highest BCUT2D eigenvalue weighted by atomic mass is 19.4. The average Bonchev–Trinajstić information content (AvgIpc) is 3.07. The van der Waals surface area contributed by atoms with Gasteiger partial charge in [0, 0.05) is 39.3 Å². The molecule has 2 aliphatic rings. The number of carbonyl (C=O) groups excluding carboxylic acids is 1. The van der Waals surface area contributed by atoms with Crippen molar-refractivity contribution < 1.29 is 22.7 Å². The van der Waals surface area contributed by atoms with Crippen molar-refractivity contribution in [2.45, 2.75) is 32.5 Å². The Morgan fingerprint density at radius 2 is 2.04 bits per heavy atom. The standard InChI is InChI=1S/C17H25F3N4O2/c1-2-24-15(17(18,19)20)14(10-21-24)16(25)23-5-3-4-13(12-23)11-22-6-8-26-9-7-22/h10,13H,2-9,11-12H2,1H3. The number of halogens is 3. The Morgan fingerprint density at radius 1 is 1.31 bits per heavy atom. The number of rotatable bonds is 4. The number of piperidine rings is 1. The molecule has 146 valence electrons. The predicted octanol–water partition coefficient (Wildman–Crippen LogP) is 2.11. The number of aromatic nitrogens is 2. The van der Waals surface area contributed by atoms with Crippen molar-refractivity contribution in [1.82, 2.24) is 19.6 Å². The molecule has 0 N–H and O–H groups in total. The number of ether oxygens (including phenoxy) is 1. The summed E-state index contributed by atoms with van der Waals surface area (Å²) >= 11 is 0. The molecule has 9 heteroatoms. The average molecular weight is 374 g/mol. The molecule has 2 fully saturated rings. The number of amides is 1. The first kappa shape index (κ1) is 19.2. The summed E-state index contributed by atoms with van der Waals surface area (Å²) in [7, 11) is 0. The summed E-state index contributed by atoms with van der Waals surface area (Å²) in [6.45, 7) is 6.64. The van der Waals surface area contributed by atoms with Crippen molar-refractivity contribution in [2.24, 2.45) is 5.92 Å². The zero-order chi connectivity index (χ0) is 18.7. The van der Waals surface area contributed by atoms with Crippen LogP contribution in [0.4, 0.5) is 13.2 Å². The van der Waals surface area contributed by atoms with Gasteiger partial charge in [-0.1, -0.05) is 0 Å². The Balaban J connectivity index is 1.70. The fraction of sp³-hybridized carbons (Fsp3) is 0.765. The second-order valence-corrected chi connectivity index (χ2v) is 6.89. The zero-order valence-corrected chi connectivity index (χ0v) is 15.0. The van der Waals surface area contributed by atoms with Crippen molar-refractivity contribution in [1.29, 1.82) is 0 Å². The largest absolute Gasteiger partial charge is 0.433 e. The first-order valence-corrected chi connectivity index (χ1v) is 9.12. The van der Waals surface area contributed by atoms with Gasteiger partial charge < -0.3 is 9.64 Å². The van der Waals surface area contributed by atoms with Crippen LogP contribution in [0.3, 0.4) is 0 Å². The van der Waals surface area contributed by atoms with Crippen LogP contribution in [0.2, 0.25) is 0 Å². The third kappa shape index (κ3) is 4.20. The molecule has 0 bridgehead atoms. The van der Waals surface area contributed by atoms with Gasteiger partial charge in [0.25, 0.3) is 5.91 Å². The zero-order valence-electron chi connectivity index (χ0n) is 15.0. The molecular formula is C17H25F3N4O2. The highest BCUT2D eigenvalue weighted by Gasteiger charge is 2.41. The third-order valence-corrected chi connectivity index (χ3v) is 5.06. The number of carbonyl (C=O) groups is 1. The van der Waals surface area contributed by atoms with Crippen LogP contribution in [-0.2, 0) is 17.5 Å². The van der Waals surface area contributed by atoms with Crippen molar-refractivity contribution in [3.8, 4) is 0 Å². The van der Waals surface area contributed by atoms with E-state index in [2.05, 4.69) is 10.00 Å². The lowest BCUT2D eigenvalue weighted by Gasteiger charge is -2.36. The van der Waals surface area contributed by atoms with Crippen LogP contribution in [0.1, 0.15) is 35.8 Å². The third-order valence-electron chi connectivity index (χ3n) is 5.06. The maximum absolute atomic E-state index is 13.4. The summed E-state index contributed by atoms with van der Waals surface area (Å²) in [4.78, 5) is 16.6. The van der Waals surface area contributed by atoms with E-state index in [0.717, 1.165) is 43.4 Å². The van der Waals surface area contributed by atoms with E-state index < -0.39 is 17.8 Å². The van der Waals surface area contributed by atoms with Gasteiger partial charge in [-0.2, -0.15) is 18.3 Å². The van der Waals surface area contributed by atoms with Crippen LogP contribution >= 0.6 is 0 Å². The fourth-order valence-corrected chi connectivity index (χ4v) is 3.80. The molecule has 0 aliphatic carbocycles. The van der Waals surface area contributed by atoms with Crippen molar-refractivity contribution in [2.75, 3.05) is 45.9 Å². The van der Waals surface area contributed by atoms with E-state index in [9.17, 15) is 18.0 Å². The van der Waals surface area contributed by atoms with E-state index in [0.29, 0.717) is 26.3 Å². The van der Waals surface area contributed by atoms with E-state index in [1.165, 1.54) is 0 Å². The Hall–Kier alpha value is -1.61. The smallest absolute Gasteiger partial charge is 0.379 e. The normalized spacial score (nSPS) is 22.6. The lowest BCUT2D eigenvalue weighted by Crippen LogP contribution is -2.46. The molecule has 3 heterocycles. The maximum Gasteiger partial charge on any atom is 0.433 e. The Morgan fingerprint density at radius 3 is 2.69 bits per heavy atom. The lowest BCUT2D eigenvalue weighted by atomic mass is 9.96. The molecule has 1 unspecified atom stereocenters. The molecule has 26 heavy (non-hydrogen) atoms. The number of hydrogen-bond donors (Lipinski definition) is 0. The summed E-state index contributed by atoms with van der Waals surface area (Å²) < 4.78 is 46.4. The number of morpholine rings is 1. The van der Waals surface area contributed by atoms with E-state index in [1.807, 2.05) is 0 Å². The van der Waals surface area contributed by atoms with Crippen molar-refractivity contribution >= 4 is 5.91 Å². The van der Waals surface area contributed by atoms with Crippen LogP contribution in [0, 0.1) is 5.92 Å². The molecule has 1 aromatic heterocycles. The molecule has 6 nitrogen and oxygen atoms in total. The number of nitrogens with zero attached hydrogens (tertiary/aromatic N) is 4. The van der Waals surface area contributed by atoms with Crippen molar-refractivity contribution in [3.63, 3.8) is 0 Å². The Kier molecular flexibility index (Phi) is 5.86. The van der Waals surface area contributed by atoms with E-state index in [-0.39, 0.29) is 18.0 Å². The van der Waals surface area contributed by atoms with Gasteiger partial charge in [-0.15, -0.1) is 0 Å². The quantitative estimate of drug-likeness (QED) is 0.810. The molecular weight excluding hydrogens is 349 g/mol. The highest BCUT2D eigenvalue weighted by Crippen LogP contribution is 2.33. The molecule has 2 saturated heterocycles. The van der Waals surface area contributed by atoms with Gasteiger partial charge >= 0.3 is 6.18 Å². The SMILES string of the molecule is CCn1ncc(C(=O)N2CCCC(CN3CCOCC3)C2)c1C(F)(F)F. The van der Waals surface area contributed by atoms with Crippen LogP contribution < -0.4 is 0 Å². The van der Waals surface area contributed by atoms with Gasteiger partial charge in [0.05, 0.1) is 25.0 Å². The van der Waals surface area contributed by atoms with Gasteiger partial charge in [0.15, 0.2) is 5.69 Å². The number of hydrogen-bond acceptors (Lipinski definition) is 4. The van der Waals surface area contributed by atoms with E-state index in [1.54, 1.807) is 11.8 Å². The molecule has 0 aromatic carbocycles. The van der Waals surface area contributed by atoms with Crippen LogP contribution in [0.25, 0.3) is 0 Å². The molecule has 0 radical (unpaired) electrons. The summed E-state index contributed by atoms with van der Waals surface area (Å²) in [5.41, 5.74) is -1.29. The summed E-state index contributed by atoms with van der Waals surface area (Å²) in [5.74, 6) is -0.287. The summed E-state index contributed by atoms with van der Waals surface area (Å²) in [6.07, 6.45) is -1.74. The molecule has 2 aliphatic heterocycles. The van der Waals surface area contributed by atoms with Gasteiger partial charge in [-0.3, -0.25) is 14.4 Å². The second-order valence-electron chi connectivity index (χ2n) is 6.89. The molecule has 0 spiro atoms. The van der Waals surface area contributed by atoms with E-state index in [4.69, 9.17) is 4.74 Å². The topological polar surface area (TPSA) is 50.6 Å². The monoisotopic (exact) mass is 374 g/mol. The molecule has 1 atom stereocenters. The van der Waals surface area contributed by atoms with Crippen LogP contribution in [0.15, 0.2) is 6.20 Å². The first-order valence-electron chi connectivity index (χ1n) is 9.12. The summed E-state index contributed by atoms with van der Waals surface area (Å²) in [6, 6.07) is 0. The number of aryl methyl sites for hydroxylation is 1. The molecule has 3 rings (SSSR count). The van der Waals surface area contributed by atoms with Gasteiger partial charge in [0.1, 0.15) is 0 Å². The maximum atomic E-state index is 13.4. The number of alkyl halides is 3. The van der Waals surface area contributed by atoms with Gasteiger partial charge in [-0.25, -0.2) is 0 Å². The van der Waals surface area contributed by atoms with Crippen molar-refractivity contribution in [3.05, 3.63) is 17.5 Å². The lowest BCUT2D eigenvalue weighted by molar-refractivity contribution is -0.144. The predicted molar refractivity (Wildman–Crippen MR) is 88.8 cm³/mol. The van der Waals surface area contributed by atoms with Gasteiger partial charge in [-0.05, 0) is 25.7 Å². The molecule has 1 aromatic rings. The van der Waals surface area contributed by atoms with Crippen LogP contribution in [-0.4, -0.2) is 71.4 Å². The van der Waals surface area contributed by atoms with E-state index >= 15 is 0 Å². The fourth-order valence-electron chi connectivity index (χ4n) is 3.80. The minimum atomic E-state index is -4.60. The molecule has 0 saturated carbocycles. The minimum Gasteiger partial charge on any atom is -0.379 e. The van der Waals surface area contributed by atoms with Gasteiger partial charge in [0.2, 0.25) is 0 Å². The highest BCUT2D eigenvalue weighted by molar-refractivity contribution is 5.95. The Bertz CT molecular complexity index is 626. The first-order chi connectivity index (χ1) is 12.4. The minimum absolute atomic E-state index is 0.0712. The summed E-state index contributed by atoms with van der Waals surface area (Å²) in [5, 5.41) is 3.76. The Labute approximate surface area is 150 Å². The molecule has 1 amide bonds.